The van der Waals surface area contributed by atoms with Gasteiger partial charge in [0.25, 0.3) is 10.0 Å². The maximum absolute atomic E-state index is 13.1. The van der Waals surface area contributed by atoms with Crippen LogP contribution in [0.3, 0.4) is 0 Å². The Morgan fingerprint density at radius 1 is 1.31 bits per heavy atom. The number of nitrogens with zero attached hydrogens (tertiary/aromatic N) is 1. The van der Waals surface area contributed by atoms with Gasteiger partial charge in [0.05, 0.1) is 28.3 Å². The lowest BCUT2D eigenvalue weighted by Gasteiger charge is -2.37. The molecular weight excluding hydrogens is 442 g/mol. The summed E-state index contributed by atoms with van der Waals surface area (Å²) in [6.07, 6.45) is 2.70. The van der Waals surface area contributed by atoms with Gasteiger partial charge in [-0.1, -0.05) is 33.6 Å². The number of rotatable bonds is 3. The Labute approximate surface area is 166 Å². The van der Waals surface area contributed by atoms with E-state index in [0.29, 0.717) is 31.0 Å². The fourth-order valence-corrected chi connectivity index (χ4v) is 5.87. The van der Waals surface area contributed by atoms with Gasteiger partial charge in [0, 0.05) is 17.5 Å². The third kappa shape index (κ3) is 2.76. The number of aromatic nitrogens is 1. The highest BCUT2D eigenvalue weighted by atomic mass is 79.9. The third-order valence-electron chi connectivity index (χ3n) is 4.95. The molecule has 0 radical (unpaired) electrons. The number of alkyl halides is 2. The number of hydrogen-bond acceptors (Lipinski definition) is 4. The lowest BCUT2D eigenvalue weighted by atomic mass is 9.91. The molecule has 8 heteroatoms. The van der Waals surface area contributed by atoms with Gasteiger partial charge < -0.3 is 9.47 Å². The molecule has 1 spiro atoms. The van der Waals surface area contributed by atoms with Crippen molar-refractivity contribution in [1.29, 1.82) is 0 Å². The standard InChI is InChI=1S/C18H19BrClNO4S/c1-12-2-4-14(5-3-12)26(22,23)21-9-8-15-16(21)6-7-17(19)18(15)24-11-13(10-20)25-18/h2-5,8-9,13,17H,6-7,10-11H2,1H3. The Hall–Kier alpha value is -0.860. The van der Waals surface area contributed by atoms with Crippen LogP contribution in [0.15, 0.2) is 41.4 Å². The molecule has 1 aromatic heterocycles. The van der Waals surface area contributed by atoms with E-state index in [2.05, 4.69) is 15.9 Å². The molecule has 140 valence electrons. The first-order valence-corrected chi connectivity index (χ1v) is 11.3. The molecule has 2 aliphatic rings. The van der Waals surface area contributed by atoms with E-state index in [1.165, 1.54) is 3.97 Å². The molecule has 5 nitrogen and oxygen atoms in total. The van der Waals surface area contributed by atoms with Crippen molar-refractivity contribution in [1.82, 2.24) is 3.97 Å². The van der Waals surface area contributed by atoms with Gasteiger partial charge in [-0.2, -0.15) is 0 Å². The summed E-state index contributed by atoms with van der Waals surface area (Å²) in [5.74, 6) is -0.652. The Morgan fingerprint density at radius 3 is 2.69 bits per heavy atom. The van der Waals surface area contributed by atoms with Crippen LogP contribution in [0, 0.1) is 6.92 Å². The molecule has 0 saturated carbocycles. The van der Waals surface area contributed by atoms with Crippen molar-refractivity contribution in [2.24, 2.45) is 0 Å². The van der Waals surface area contributed by atoms with Crippen molar-refractivity contribution < 1.29 is 17.9 Å². The van der Waals surface area contributed by atoms with Crippen molar-refractivity contribution in [3.05, 3.63) is 53.3 Å². The first-order valence-electron chi connectivity index (χ1n) is 8.43. The summed E-state index contributed by atoms with van der Waals surface area (Å²) in [7, 11) is -3.67. The monoisotopic (exact) mass is 459 g/mol. The Kier molecular flexibility index (Phi) is 4.72. The number of hydrogen-bond donors (Lipinski definition) is 0. The van der Waals surface area contributed by atoms with Gasteiger partial charge in [0.2, 0.25) is 5.79 Å². The van der Waals surface area contributed by atoms with E-state index in [1.54, 1.807) is 36.5 Å². The topological polar surface area (TPSA) is 57.5 Å². The lowest BCUT2D eigenvalue weighted by Crippen LogP contribution is -2.42. The van der Waals surface area contributed by atoms with Gasteiger partial charge in [0.15, 0.2) is 0 Å². The van der Waals surface area contributed by atoms with Crippen LogP contribution in [0.25, 0.3) is 0 Å². The summed E-state index contributed by atoms with van der Waals surface area (Å²) in [5, 5.41) is 0. The maximum Gasteiger partial charge on any atom is 0.267 e. The lowest BCUT2D eigenvalue weighted by molar-refractivity contribution is -0.177. The van der Waals surface area contributed by atoms with Gasteiger partial charge in [-0.25, -0.2) is 12.4 Å². The molecule has 3 unspecified atom stereocenters. The van der Waals surface area contributed by atoms with E-state index in [4.69, 9.17) is 21.1 Å². The molecule has 3 atom stereocenters. The highest BCUT2D eigenvalue weighted by Gasteiger charge is 2.52. The second kappa shape index (κ2) is 6.63. The van der Waals surface area contributed by atoms with E-state index < -0.39 is 15.8 Å². The minimum Gasteiger partial charge on any atom is -0.342 e. The molecule has 1 aliphatic carbocycles. The van der Waals surface area contributed by atoms with Crippen LogP contribution in [0.5, 0.6) is 0 Å². The zero-order valence-corrected chi connectivity index (χ0v) is 17.4. The molecule has 0 N–H and O–H groups in total. The molecule has 4 rings (SSSR count). The Bertz CT molecular complexity index is 927. The Balaban J connectivity index is 1.80. The second-order valence-electron chi connectivity index (χ2n) is 6.67. The van der Waals surface area contributed by atoms with Crippen molar-refractivity contribution in [2.45, 2.75) is 41.4 Å². The number of halogens is 2. The molecule has 2 heterocycles. The normalized spacial score (nSPS) is 28.4. The van der Waals surface area contributed by atoms with Crippen LogP contribution in [-0.2, 0) is 31.7 Å². The first-order chi connectivity index (χ1) is 12.4. The van der Waals surface area contributed by atoms with E-state index in [-0.39, 0.29) is 15.8 Å². The van der Waals surface area contributed by atoms with Gasteiger partial charge >= 0.3 is 0 Å². The first kappa shape index (κ1) is 18.5. The molecule has 1 aliphatic heterocycles. The molecule has 26 heavy (non-hydrogen) atoms. The summed E-state index contributed by atoms with van der Waals surface area (Å²) in [6.45, 7) is 2.32. The van der Waals surface area contributed by atoms with Crippen molar-refractivity contribution in [3.8, 4) is 0 Å². The van der Waals surface area contributed by atoms with Gasteiger partial charge in [-0.15, -0.1) is 11.6 Å². The van der Waals surface area contributed by atoms with Crippen LogP contribution in [0.4, 0.5) is 0 Å². The fourth-order valence-electron chi connectivity index (χ4n) is 3.59. The van der Waals surface area contributed by atoms with Gasteiger partial charge in [0.1, 0.15) is 0 Å². The fraction of sp³-hybridized carbons (Fsp3) is 0.444. The van der Waals surface area contributed by atoms with Crippen molar-refractivity contribution in [3.63, 3.8) is 0 Å². The van der Waals surface area contributed by atoms with E-state index in [1.807, 2.05) is 6.92 Å². The zero-order valence-electron chi connectivity index (χ0n) is 14.2. The van der Waals surface area contributed by atoms with Crippen LogP contribution in [-0.4, -0.2) is 35.8 Å². The SMILES string of the molecule is Cc1ccc(S(=O)(=O)n2ccc3c2CCC(Br)C32OCC(CCl)O2)cc1. The molecule has 1 fully saturated rings. The van der Waals surface area contributed by atoms with E-state index in [0.717, 1.165) is 11.1 Å². The minimum atomic E-state index is -3.67. The van der Waals surface area contributed by atoms with Crippen molar-refractivity contribution >= 4 is 37.6 Å². The number of aryl methyl sites for hydroxylation is 1. The smallest absolute Gasteiger partial charge is 0.267 e. The molecular formula is C18H19BrClNO4S. The van der Waals surface area contributed by atoms with Crippen LogP contribution in [0.1, 0.15) is 23.2 Å². The van der Waals surface area contributed by atoms with Gasteiger partial charge in [-0.05, 0) is 38.0 Å². The predicted molar refractivity (Wildman–Crippen MR) is 102 cm³/mol. The molecule has 1 aromatic carbocycles. The van der Waals surface area contributed by atoms with Gasteiger partial charge in [-0.3, -0.25) is 0 Å². The zero-order chi connectivity index (χ0) is 18.5. The molecule has 1 saturated heterocycles. The highest BCUT2D eigenvalue weighted by Crippen LogP contribution is 2.48. The third-order valence-corrected chi connectivity index (χ3v) is 8.08. The average molecular weight is 461 g/mol. The van der Waals surface area contributed by atoms with Crippen LogP contribution in [0.2, 0.25) is 0 Å². The number of ether oxygens (including phenoxy) is 2. The van der Waals surface area contributed by atoms with E-state index in [9.17, 15) is 8.42 Å². The van der Waals surface area contributed by atoms with Crippen LogP contribution >= 0.6 is 27.5 Å². The predicted octanol–water partition coefficient (Wildman–Crippen LogP) is 3.55. The summed E-state index contributed by atoms with van der Waals surface area (Å²) in [6, 6.07) is 8.65. The summed E-state index contributed by atoms with van der Waals surface area (Å²) in [4.78, 5) is 0.206. The maximum atomic E-state index is 13.1. The van der Waals surface area contributed by atoms with E-state index >= 15 is 0 Å². The quantitative estimate of drug-likeness (QED) is 0.657. The summed E-state index contributed by atoms with van der Waals surface area (Å²) >= 11 is 9.59. The highest BCUT2D eigenvalue weighted by molar-refractivity contribution is 9.09. The average Bonchev–Trinajstić information content (AvgIpc) is 3.25. The molecule has 0 amide bonds. The largest absolute Gasteiger partial charge is 0.342 e. The van der Waals surface area contributed by atoms with Crippen molar-refractivity contribution in [2.75, 3.05) is 12.5 Å². The Morgan fingerprint density at radius 2 is 2.04 bits per heavy atom. The molecule has 0 bridgehead atoms. The molecule has 2 aromatic rings. The second-order valence-corrected chi connectivity index (χ2v) is 9.90. The minimum absolute atomic E-state index is 0.0614. The van der Waals surface area contributed by atoms with Crippen LogP contribution < -0.4 is 0 Å². The number of fused-ring (bicyclic) bond motifs is 2. The summed E-state index contributed by atoms with van der Waals surface area (Å²) < 4.78 is 39.7. The number of benzene rings is 1. The summed E-state index contributed by atoms with van der Waals surface area (Å²) in [5.41, 5.74) is 2.48.